The molecule has 0 heterocycles. The van der Waals surface area contributed by atoms with Gasteiger partial charge in [-0.25, -0.2) is 4.99 Å². The van der Waals surface area contributed by atoms with Crippen molar-refractivity contribution in [2.24, 2.45) is 10.9 Å². The summed E-state index contributed by atoms with van der Waals surface area (Å²) in [5, 5.41) is 9.10. The maximum absolute atomic E-state index is 12.6. The largest absolute Gasteiger partial charge is 0.434 e. The lowest BCUT2D eigenvalue weighted by Gasteiger charge is -2.14. The highest BCUT2D eigenvalue weighted by Crippen LogP contribution is 2.20. The normalized spacial score (nSPS) is 11.5. The van der Waals surface area contributed by atoms with Crippen molar-refractivity contribution in [1.82, 2.24) is 10.6 Å². The monoisotopic (exact) mass is 418 g/mol. The standard InChI is InChI=1S/C22H28F2N4O2/c1-4-25-22(27-14-17-7-5-6-8-19(17)30-21(23)24)26-13-16-9-11-18(12-10-16)28-20(29)15(2)3/h5-12,15,21H,4,13-14H2,1-3H3,(H,28,29)(H2,25,26,27). The third kappa shape index (κ3) is 7.69. The molecule has 1 amide bonds. The van der Waals surface area contributed by atoms with Gasteiger partial charge in [0.1, 0.15) is 5.75 Å². The number of carbonyl (C=O) groups is 1. The first kappa shape index (κ1) is 23.1. The molecule has 0 aliphatic carbocycles. The number of hydrogen-bond donors (Lipinski definition) is 3. The molecule has 2 rings (SSSR count). The minimum absolute atomic E-state index is 0.0319. The Hall–Kier alpha value is -3.16. The molecule has 3 N–H and O–H groups in total. The molecule has 0 atom stereocenters. The maximum Gasteiger partial charge on any atom is 0.387 e. The number of halogens is 2. The lowest BCUT2D eigenvalue weighted by molar-refractivity contribution is -0.118. The fourth-order valence-electron chi connectivity index (χ4n) is 2.53. The van der Waals surface area contributed by atoms with Crippen LogP contribution in [0.4, 0.5) is 14.5 Å². The van der Waals surface area contributed by atoms with E-state index in [-0.39, 0.29) is 24.1 Å². The molecule has 0 bridgehead atoms. The first-order valence-corrected chi connectivity index (χ1v) is 9.83. The fourth-order valence-corrected chi connectivity index (χ4v) is 2.53. The van der Waals surface area contributed by atoms with Gasteiger partial charge in [0.15, 0.2) is 5.96 Å². The molecule has 0 fully saturated rings. The van der Waals surface area contributed by atoms with Crippen molar-refractivity contribution < 1.29 is 18.3 Å². The summed E-state index contributed by atoms with van der Waals surface area (Å²) in [6.45, 7) is 4.11. The Balaban J connectivity index is 1.99. The first-order valence-electron chi connectivity index (χ1n) is 9.83. The molecule has 0 aliphatic heterocycles. The van der Waals surface area contributed by atoms with E-state index < -0.39 is 6.61 Å². The number of amides is 1. The van der Waals surface area contributed by atoms with E-state index in [1.54, 1.807) is 18.2 Å². The predicted octanol–water partition coefficient (Wildman–Crippen LogP) is 4.14. The summed E-state index contributed by atoms with van der Waals surface area (Å²) in [6.07, 6.45) is 0. The number of hydrogen-bond acceptors (Lipinski definition) is 3. The molecule has 0 aliphatic rings. The zero-order chi connectivity index (χ0) is 21.9. The van der Waals surface area contributed by atoms with E-state index >= 15 is 0 Å². The topological polar surface area (TPSA) is 74.8 Å². The number of anilines is 1. The maximum atomic E-state index is 12.6. The van der Waals surface area contributed by atoms with Crippen LogP contribution in [0.3, 0.4) is 0 Å². The van der Waals surface area contributed by atoms with Gasteiger partial charge in [-0.3, -0.25) is 4.79 Å². The summed E-state index contributed by atoms with van der Waals surface area (Å²) >= 11 is 0. The summed E-state index contributed by atoms with van der Waals surface area (Å²) in [6, 6.07) is 14.1. The highest BCUT2D eigenvalue weighted by atomic mass is 19.3. The van der Waals surface area contributed by atoms with Gasteiger partial charge in [-0.2, -0.15) is 8.78 Å². The molecule has 0 unspecified atom stereocenters. The number of para-hydroxylation sites is 1. The zero-order valence-electron chi connectivity index (χ0n) is 17.4. The van der Waals surface area contributed by atoms with E-state index in [1.807, 2.05) is 45.0 Å². The average molecular weight is 418 g/mol. The van der Waals surface area contributed by atoms with Crippen molar-refractivity contribution in [1.29, 1.82) is 0 Å². The highest BCUT2D eigenvalue weighted by Gasteiger charge is 2.10. The number of nitrogens with zero attached hydrogens (tertiary/aromatic N) is 1. The van der Waals surface area contributed by atoms with Crippen LogP contribution in [0.15, 0.2) is 53.5 Å². The fraction of sp³-hybridized carbons (Fsp3) is 0.364. The second-order valence-corrected chi connectivity index (χ2v) is 6.88. The summed E-state index contributed by atoms with van der Waals surface area (Å²) in [7, 11) is 0. The molecule has 2 aromatic carbocycles. The first-order chi connectivity index (χ1) is 14.4. The van der Waals surface area contributed by atoms with Gasteiger partial charge in [0, 0.05) is 30.3 Å². The van der Waals surface area contributed by atoms with Gasteiger partial charge < -0.3 is 20.7 Å². The molecule has 0 saturated carbocycles. The predicted molar refractivity (Wildman–Crippen MR) is 115 cm³/mol. The van der Waals surface area contributed by atoms with Crippen LogP contribution in [0, 0.1) is 5.92 Å². The van der Waals surface area contributed by atoms with Crippen molar-refractivity contribution in [3.8, 4) is 5.75 Å². The van der Waals surface area contributed by atoms with Crippen LogP contribution in [0.25, 0.3) is 0 Å². The van der Waals surface area contributed by atoms with E-state index in [0.717, 1.165) is 11.3 Å². The quantitative estimate of drug-likeness (QED) is 0.423. The van der Waals surface area contributed by atoms with Gasteiger partial charge in [0.05, 0.1) is 6.54 Å². The summed E-state index contributed by atoms with van der Waals surface area (Å²) in [4.78, 5) is 16.3. The second-order valence-electron chi connectivity index (χ2n) is 6.88. The van der Waals surface area contributed by atoms with E-state index in [4.69, 9.17) is 0 Å². The van der Waals surface area contributed by atoms with Gasteiger partial charge in [-0.05, 0) is 30.7 Å². The minimum atomic E-state index is -2.87. The lowest BCUT2D eigenvalue weighted by atomic mass is 10.1. The number of carbonyl (C=O) groups excluding carboxylic acids is 1. The molecule has 2 aromatic rings. The SMILES string of the molecule is CCNC(=NCc1ccc(NC(=O)C(C)C)cc1)NCc1ccccc1OC(F)F. The van der Waals surface area contributed by atoms with Gasteiger partial charge in [-0.15, -0.1) is 0 Å². The van der Waals surface area contributed by atoms with Gasteiger partial charge in [0.2, 0.25) is 5.91 Å². The van der Waals surface area contributed by atoms with E-state index in [2.05, 4.69) is 25.7 Å². The van der Waals surface area contributed by atoms with Crippen molar-refractivity contribution in [3.05, 3.63) is 59.7 Å². The number of benzene rings is 2. The Bertz CT molecular complexity index is 839. The van der Waals surface area contributed by atoms with E-state index in [9.17, 15) is 13.6 Å². The molecule has 0 aromatic heterocycles. The third-order valence-corrected chi connectivity index (χ3v) is 4.14. The second kappa shape index (κ2) is 11.7. The number of ether oxygens (including phenoxy) is 1. The van der Waals surface area contributed by atoms with Crippen molar-refractivity contribution in [2.45, 2.75) is 40.5 Å². The molecule has 8 heteroatoms. The van der Waals surface area contributed by atoms with E-state index in [0.29, 0.717) is 24.6 Å². The van der Waals surface area contributed by atoms with Gasteiger partial charge >= 0.3 is 6.61 Å². The Labute approximate surface area is 175 Å². The lowest BCUT2D eigenvalue weighted by Crippen LogP contribution is -2.36. The van der Waals surface area contributed by atoms with Crippen LogP contribution in [-0.2, 0) is 17.9 Å². The highest BCUT2D eigenvalue weighted by molar-refractivity contribution is 5.92. The average Bonchev–Trinajstić information content (AvgIpc) is 2.71. The van der Waals surface area contributed by atoms with Crippen molar-refractivity contribution >= 4 is 17.6 Å². The van der Waals surface area contributed by atoms with Crippen LogP contribution in [0.2, 0.25) is 0 Å². The van der Waals surface area contributed by atoms with Crippen molar-refractivity contribution in [3.63, 3.8) is 0 Å². The number of alkyl halides is 2. The molecular formula is C22H28F2N4O2. The summed E-state index contributed by atoms with van der Waals surface area (Å²) < 4.78 is 29.7. The minimum Gasteiger partial charge on any atom is -0.434 e. The number of rotatable bonds is 9. The van der Waals surface area contributed by atoms with E-state index in [1.165, 1.54) is 6.07 Å². The molecule has 0 radical (unpaired) electrons. The van der Waals surface area contributed by atoms with Crippen LogP contribution >= 0.6 is 0 Å². The Morgan fingerprint density at radius 1 is 1.07 bits per heavy atom. The molecule has 0 saturated heterocycles. The Morgan fingerprint density at radius 3 is 2.40 bits per heavy atom. The van der Waals surface area contributed by atoms with Crippen LogP contribution in [-0.4, -0.2) is 25.0 Å². The Morgan fingerprint density at radius 2 is 1.77 bits per heavy atom. The smallest absolute Gasteiger partial charge is 0.387 e. The van der Waals surface area contributed by atoms with Gasteiger partial charge in [-0.1, -0.05) is 44.2 Å². The third-order valence-electron chi connectivity index (χ3n) is 4.14. The van der Waals surface area contributed by atoms with Crippen LogP contribution in [0.1, 0.15) is 31.9 Å². The zero-order valence-corrected chi connectivity index (χ0v) is 17.4. The molecular weight excluding hydrogens is 390 g/mol. The number of guanidine groups is 1. The van der Waals surface area contributed by atoms with Crippen molar-refractivity contribution in [2.75, 3.05) is 11.9 Å². The van der Waals surface area contributed by atoms with Crippen LogP contribution in [0.5, 0.6) is 5.75 Å². The molecule has 30 heavy (non-hydrogen) atoms. The van der Waals surface area contributed by atoms with Crippen LogP contribution < -0.4 is 20.7 Å². The van der Waals surface area contributed by atoms with Gasteiger partial charge in [0.25, 0.3) is 0 Å². The number of aliphatic imine (C=N–C) groups is 1. The summed E-state index contributed by atoms with van der Waals surface area (Å²) in [5.74, 6) is 0.575. The number of nitrogens with one attached hydrogen (secondary N) is 3. The molecule has 162 valence electrons. The Kier molecular flexibility index (Phi) is 9.05. The molecule has 6 nitrogen and oxygen atoms in total. The summed E-state index contributed by atoms with van der Waals surface area (Å²) in [5.41, 5.74) is 2.31. The molecule has 0 spiro atoms.